The van der Waals surface area contributed by atoms with E-state index >= 15 is 0 Å². The van der Waals surface area contributed by atoms with Gasteiger partial charge in [0.2, 0.25) is 0 Å². The quantitative estimate of drug-likeness (QED) is 0.127. The van der Waals surface area contributed by atoms with Crippen LogP contribution in [0.15, 0.2) is 23.3 Å². The first kappa shape index (κ1) is 47.4. The van der Waals surface area contributed by atoms with Crippen LogP contribution in [0.25, 0.3) is 0 Å². The Hall–Kier alpha value is -1.65. The predicted octanol–water partition coefficient (Wildman–Crippen LogP) is 0.859. The summed E-state index contributed by atoms with van der Waals surface area (Å²) in [5, 5.41) is 97.7. The van der Waals surface area contributed by atoms with Gasteiger partial charge in [0, 0.05) is 0 Å². The van der Waals surface area contributed by atoms with Crippen molar-refractivity contribution in [3.63, 3.8) is 0 Å². The van der Waals surface area contributed by atoms with Crippen LogP contribution in [0.4, 0.5) is 0 Å². The summed E-state index contributed by atoms with van der Waals surface area (Å²) >= 11 is 0. The summed E-state index contributed by atoms with van der Waals surface area (Å²) in [4.78, 5) is 13.8. The van der Waals surface area contributed by atoms with E-state index in [0.717, 1.165) is 36.8 Å². The van der Waals surface area contributed by atoms with Gasteiger partial charge >= 0.3 is 5.97 Å². The molecule has 17 heteroatoms. The Morgan fingerprint density at radius 3 is 2.03 bits per heavy atom. The highest BCUT2D eigenvalue weighted by molar-refractivity contribution is 5.86. The summed E-state index contributed by atoms with van der Waals surface area (Å²) in [6.07, 6.45) is -11.1. The molecule has 5 heterocycles. The van der Waals surface area contributed by atoms with E-state index in [2.05, 4.69) is 46.8 Å². The summed E-state index contributed by atoms with van der Waals surface area (Å²) in [6, 6.07) is 0. The number of carbonyl (C=O) groups is 1. The zero-order chi connectivity index (χ0) is 46.5. The third-order valence-electron chi connectivity index (χ3n) is 19.1. The highest BCUT2D eigenvalue weighted by Gasteiger charge is 2.73. The molecule has 1 spiro atoms. The molecule has 2 bridgehead atoms. The Kier molecular flexibility index (Phi) is 11.6. The largest absolute Gasteiger partial charge is 0.455 e. The van der Waals surface area contributed by atoms with E-state index in [9.17, 15) is 50.8 Å². The highest BCUT2D eigenvalue weighted by Crippen LogP contribution is 2.75. The van der Waals surface area contributed by atoms with Crippen molar-refractivity contribution >= 4 is 5.97 Å². The molecule has 3 saturated carbocycles. The lowest BCUT2D eigenvalue weighted by Crippen LogP contribution is -2.71. The number of ether oxygens (including phenoxy) is 7. The van der Waals surface area contributed by atoms with E-state index in [4.69, 9.17) is 33.2 Å². The van der Waals surface area contributed by atoms with Crippen molar-refractivity contribution in [2.75, 3.05) is 13.2 Å². The van der Waals surface area contributed by atoms with Gasteiger partial charge in [0.25, 0.3) is 0 Å². The summed E-state index contributed by atoms with van der Waals surface area (Å²) < 4.78 is 43.1. The molecule has 8 fully saturated rings. The average molecular weight is 909 g/mol. The molecule has 10 rings (SSSR count). The molecule has 10 aliphatic rings. The fourth-order valence-corrected chi connectivity index (χ4v) is 14.7. The normalized spacial score (nSPS) is 56.7. The van der Waals surface area contributed by atoms with Gasteiger partial charge in [-0.1, -0.05) is 46.8 Å². The van der Waals surface area contributed by atoms with E-state index < -0.39 is 121 Å². The van der Waals surface area contributed by atoms with Crippen LogP contribution in [0.5, 0.6) is 0 Å². The second-order valence-electron chi connectivity index (χ2n) is 22.6. The molecule has 0 radical (unpaired) electrons. The fraction of sp³-hybridized carbons (Fsp3) is 0.894. The number of allylic oxidation sites excluding steroid dienone is 3. The van der Waals surface area contributed by atoms with E-state index in [-0.39, 0.29) is 40.7 Å². The summed E-state index contributed by atoms with van der Waals surface area (Å²) in [5.41, 5.74) is -2.36. The van der Waals surface area contributed by atoms with Crippen molar-refractivity contribution in [3.8, 4) is 0 Å². The van der Waals surface area contributed by atoms with Crippen molar-refractivity contribution < 1.29 is 83.9 Å². The van der Waals surface area contributed by atoms with Gasteiger partial charge in [0.05, 0.1) is 30.8 Å². The van der Waals surface area contributed by atoms with Crippen molar-refractivity contribution in [3.05, 3.63) is 23.3 Å². The molecule has 5 aliphatic heterocycles. The highest BCUT2D eigenvalue weighted by atomic mass is 16.8. The van der Waals surface area contributed by atoms with Crippen LogP contribution in [-0.4, -0.2) is 168 Å². The molecular formula is C47H72O17. The minimum atomic E-state index is -1.81. The number of rotatable bonds is 7. The smallest absolute Gasteiger partial charge is 0.317 e. The van der Waals surface area contributed by atoms with Crippen molar-refractivity contribution in [1.29, 1.82) is 0 Å². The average Bonchev–Trinajstić information content (AvgIpc) is 3.23. The molecule has 0 amide bonds. The first-order valence-electron chi connectivity index (χ1n) is 23.5. The van der Waals surface area contributed by atoms with E-state index in [0.29, 0.717) is 25.7 Å². The van der Waals surface area contributed by atoms with Gasteiger partial charge in [-0.05, 0) is 117 Å². The minimum absolute atomic E-state index is 0.146. The van der Waals surface area contributed by atoms with E-state index in [1.807, 2.05) is 13.8 Å². The second-order valence-corrected chi connectivity index (χ2v) is 22.6. The SMILES string of the molecule is CC1OC(OC2C(OC3CC[C@]4(C)C(CC[C@]5(C)C4C=CC4=C6[C@@]7(CC[C@@](C)(OC7=O)[C@@]6(C)O)CC[C@@]45C)C3(C)C)OCC(O)C2OC2OC(CO)C(O)C(O)C2O)C(O)C(O)C1O. The van der Waals surface area contributed by atoms with Gasteiger partial charge in [0.1, 0.15) is 72.2 Å². The number of hydrogen-bond acceptors (Lipinski definition) is 17. The molecule has 17 nitrogen and oxygen atoms in total. The topological polar surface area (TPSA) is 264 Å². The molecule has 0 aromatic heterocycles. The maximum Gasteiger partial charge on any atom is 0.317 e. The molecule has 5 saturated heterocycles. The lowest BCUT2D eigenvalue weighted by Gasteiger charge is -2.71. The van der Waals surface area contributed by atoms with Gasteiger partial charge in [-0.2, -0.15) is 0 Å². The minimum Gasteiger partial charge on any atom is -0.455 e. The number of aliphatic hydroxyl groups is 9. The predicted molar refractivity (Wildman–Crippen MR) is 222 cm³/mol. The van der Waals surface area contributed by atoms with Crippen LogP contribution in [0.3, 0.4) is 0 Å². The van der Waals surface area contributed by atoms with Gasteiger partial charge < -0.3 is 79.1 Å². The molecule has 5 aliphatic carbocycles. The number of hydrogen-bond donors (Lipinski definition) is 9. The second kappa shape index (κ2) is 15.7. The zero-order valence-corrected chi connectivity index (χ0v) is 38.3. The van der Waals surface area contributed by atoms with Crippen molar-refractivity contribution in [2.24, 2.45) is 38.9 Å². The van der Waals surface area contributed by atoms with Crippen LogP contribution in [0.1, 0.15) is 107 Å². The first-order valence-corrected chi connectivity index (χ1v) is 23.5. The summed E-state index contributed by atoms with van der Waals surface area (Å²) in [5.74, 6) is 0.0865. The Morgan fingerprint density at radius 2 is 1.36 bits per heavy atom. The van der Waals surface area contributed by atoms with E-state index in [1.165, 1.54) is 6.92 Å². The van der Waals surface area contributed by atoms with Gasteiger partial charge in [0.15, 0.2) is 18.9 Å². The molecule has 17 unspecified atom stereocenters. The van der Waals surface area contributed by atoms with Crippen molar-refractivity contribution in [2.45, 2.75) is 210 Å². The molecule has 9 N–H and O–H groups in total. The number of carbonyl (C=O) groups excluding carboxylic acids is 1. The zero-order valence-electron chi connectivity index (χ0n) is 38.3. The number of esters is 1. The van der Waals surface area contributed by atoms with Gasteiger partial charge in [-0.3, -0.25) is 4.79 Å². The fourth-order valence-electron chi connectivity index (χ4n) is 14.7. The van der Waals surface area contributed by atoms with E-state index in [1.54, 1.807) is 0 Å². The third kappa shape index (κ3) is 6.46. The van der Waals surface area contributed by atoms with Crippen LogP contribution in [0, 0.1) is 38.9 Å². The van der Waals surface area contributed by atoms with Crippen LogP contribution in [-0.2, 0) is 38.0 Å². The first-order chi connectivity index (χ1) is 29.8. The van der Waals surface area contributed by atoms with Crippen LogP contribution < -0.4 is 0 Å². The lowest BCUT2D eigenvalue weighted by atomic mass is 9.35. The Balaban J connectivity index is 1.01. The molecule has 362 valence electrons. The Morgan fingerprint density at radius 1 is 0.719 bits per heavy atom. The van der Waals surface area contributed by atoms with Gasteiger partial charge in [-0.15, -0.1) is 0 Å². The molecule has 64 heavy (non-hydrogen) atoms. The molecule has 0 aromatic rings. The van der Waals surface area contributed by atoms with Crippen molar-refractivity contribution in [1.82, 2.24) is 0 Å². The van der Waals surface area contributed by atoms with Gasteiger partial charge in [-0.25, -0.2) is 0 Å². The maximum atomic E-state index is 13.8. The maximum absolute atomic E-state index is 13.8. The third-order valence-corrected chi connectivity index (χ3v) is 19.1. The lowest BCUT2D eigenvalue weighted by molar-refractivity contribution is -0.388. The number of aliphatic hydroxyl groups excluding tert-OH is 8. The van der Waals surface area contributed by atoms with Crippen LogP contribution in [0.2, 0.25) is 0 Å². The Labute approximate surface area is 374 Å². The molecule has 23 atom stereocenters. The molecular weight excluding hydrogens is 837 g/mol. The summed E-state index contributed by atoms with van der Waals surface area (Å²) in [7, 11) is 0. The monoisotopic (exact) mass is 908 g/mol. The molecule has 0 aromatic carbocycles. The number of fused-ring (bicyclic) bond motifs is 7. The summed E-state index contributed by atoms with van der Waals surface area (Å²) in [6.45, 7) is 15.7. The van der Waals surface area contributed by atoms with Crippen LogP contribution >= 0.6 is 0 Å². The standard InChI is InChI=1S/C47H72O17/c1-21-28(50)30(52)32(54)37(59-21)63-35-34(62-38-33(55)31(53)29(51)24(19-48)60-38)23(49)20-58-39(35)61-27-12-13-42(4)25(41(27,2)3)11-14-44(6)26(42)10-9-22-36-46(8,57)45(7)16-18-47(36,40(56)64-45)17-15-43(22,44)5/h9-10,21,23-35,37-39,48-55,57H,11-20H2,1-8H3/t21?,23?,24?,25?,26?,27?,28?,29?,30?,31?,32?,33?,34?,35?,37?,38?,39?,42-,43+,44-,45-,46+,47+/m1/s1. The Bertz CT molecular complexity index is 1890.